The molecule has 1 aliphatic heterocycles. The fourth-order valence-electron chi connectivity index (χ4n) is 3.09. The summed E-state index contributed by atoms with van der Waals surface area (Å²) in [6.45, 7) is 5.53. The Morgan fingerprint density at radius 3 is 2.84 bits per heavy atom. The van der Waals surface area contributed by atoms with Gasteiger partial charge in [-0.3, -0.25) is 14.6 Å². The average Bonchev–Trinajstić information content (AvgIpc) is 2.90. The van der Waals surface area contributed by atoms with Crippen molar-refractivity contribution in [2.24, 2.45) is 0 Å². The summed E-state index contributed by atoms with van der Waals surface area (Å²) in [5.41, 5.74) is 1.01. The Bertz CT molecular complexity index is 526. The number of rotatable bonds is 7. The van der Waals surface area contributed by atoms with Crippen LogP contribution in [0.1, 0.15) is 26.2 Å². The van der Waals surface area contributed by atoms with Crippen LogP contribution in [0, 0.1) is 0 Å². The largest absolute Gasteiger partial charge is 0.379 e. The van der Waals surface area contributed by atoms with E-state index in [2.05, 4.69) is 22.4 Å². The van der Waals surface area contributed by atoms with Crippen LogP contribution >= 0.6 is 0 Å². The lowest BCUT2D eigenvalue weighted by molar-refractivity contribution is -0.122. The fourth-order valence-corrected chi connectivity index (χ4v) is 3.09. The molecule has 0 aromatic carbocycles. The lowest BCUT2D eigenvalue weighted by Gasteiger charge is -2.32. The van der Waals surface area contributed by atoms with Crippen LogP contribution in [0.5, 0.6) is 0 Å². The molecule has 2 unspecified atom stereocenters. The SMILES string of the molecule is CCC(C=O)N(C=O)C(=O)NCC1=CCCC(N2CCOCC2)C=C1. The van der Waals surface area contributed by atoms with Gasteiger partial charge < -0.3 is 14.8 Å². The maximum absolute atomic E-state index is 12.1. The van der Waals surface area contributed by atoms with Gasteiger partial charge in [0, 0.05) is 25.7 Å². The van der Waals surface area contributed by atoms with Crippen molar-refractivity contribution in [3.05, 3.63) is 23.8 Å². The molecule has 7 heteroatoms. The summed E-state index contributed by atoms with van der Waals surface area (Å²) in [6, 6.07) is -0.876. The molecule has 2 aliphatic rings. The van der Waals surface area contributed by atoms with E-state index in [-0.39, 0.29) is 0 Å². The summed E-state index contributed by atoms with van der Waals surface area (Å²) in [6.07, 6.45) is 9.72. The first-order valence-electron chi connectivity index (χ1n) is 8.85. The van der Waals surface area contributed by atoms with E-state index in [0.29, 0.717) is 31.7 Å². The number of urea groups is 1. The lowest BCUT2D eigenvalue weighted by Crippen LogP contribution is -2.46. The number of carbonyl (C=O) groups is 3. The number of nitrogens with one attached hydrogen (secondary N) is 1. The quantitative estimate of drug-likeness (QED) is 0.697. The van der Waals surface area contributed by atoms with Crippen LogP contribution in [-0.2, 0) is 14.3 Å². The predicted molar refractivity (Wildman–Crippen MR) is 94.1 cm³/mol. The van der Waals surface area contributed by atoms with Crippen molar-refractivity contribution in [2.45, 2.75) is 38.3 Å². The number of hydrogen-bond donors (Lipinski definition) is 1. The van der Waals surface area contributed by atoms with E-state index in [1.807, 2.05) is 6.08 Å². The third kappa shape index (κ3) is 5.51. The third-order valence-corrected chi connectivity index (χ3v) is 4.64. The Kier molecular flexibility index (Phi) is 7.81. The highest BCUT2D eigenvalue weighted by molar-refractivity contribution is 5.88. The molecule has 3 amide bonds. The molecule has 1 saturated heterocycles. The first-order chi connectivity index (χ1) is 12.2. The van der Waals surface area contributed by atoms with Gasteiger partial charge in [0.15, 0.2) is 0 Å². The Labute approximate surface area is 148 Å². The predicted octanol–water partition coefficient (Wildman–Crippen LogP) is 1.11. The van der Waals surface area contributed by atoms with Gasteiger partial charge in [0.05, 0.1) is 19.3 Å². The Hall–Kier alpha value is -1.99. The molecule has 1 heterocycles. The van der Waals surface area contributed by atoms with Crippen LogP contribution in [0.15, 0.2) is 23.8 Å². The van der Waals surface area contributed by atoms with Crippen LogP contribution in [-0.4, -0.2) is 73.5 Å². The van der Waals surface area contributed by atoms with Crippen molar-refractivity contribution >= 4 is 18.7 Å². The van der Waals surface area contributed by atoms with E-state index in [0.717, 1.165) is 49.6 Å². The summed E-state index contributed by atoms with van der Waals surface area (Å²) in [5, 5.41) is 2.72. The summed E-state index contributed by atoms with van der Waals surface area (Å²) in [5.74, 6) is 0. The zero-order valence-electron chi connectivity index (χ0n) is 14.7. The highest BCUT2D eigenvalue weighted by atomic mass is 16.5. The molecule has 1 aliphatic carbocycles. The van der Waals surface area contributed by atoms with Gasteiger partial charge in [-0.05, 0) is 24.8 Å². The van der Waals surface area contributed by atoms with Gasteiger partial charge in [-0.2, -0.15) is 0 Å². The topological polar surface area (TPSA) is 79.0 Å². The zero-order chi connectivity index (χ0) is 18.1. The van der Waals surface area contributed by atoms with Crippen LogP contribution in [0.4, 0.5) is 4.79 Å². The molecule has 1 fully saturated rings. The van der Waals surface area contributed by atoms with Crippen molar-refractivity contribution in [3.8, 4) is 0 Å². The second kappa shape index (κ2) is 10.1. The second-order valence-electron chi connectivity index (χ2n) is 6.21. The molecule has 2 rings (SSSR count). The highest BCUT2D eigenvalue weighted by Crippen LogP contribution is 2.17. The second-order valence-corrected chi connectivity index (χ2v) is 6.21. The van der Waals surface area contributed by atoms with Crippen LogP contribution < -0.4 is 5.32 Å². The molecule has 25 heavy (non-hydrogen) atoms. The Morgan fingerprint density at radius 1 is 1.44 bits per heavy atom. The number of ether oxygens (including phenoxy) is 1. The number of amides is 3. The number of carbonyl (C=O) groups excluding carboxylic acids is 3. The normalized spacial score (nSPS) is 22.4. The number of morpholine rings is 1. The number of aldehydes is 1. The van der Waals surface area contributed by atoms with Crippen molar-refractivity contribution in [1.29, 1.82) is 0 Å². The number of imide groups is 1. The monoisotopic (exact) mass is 349 g/mol. The minimum Gasteiger partial charge on any atom is -0.379 e. The van der Waals surface area contributed by atoms with Gasteiger partial charge in [0.25, 0.3) is 0 Å². The molecule has 0 aromatic rings. The van der Waals surface area contributed by atoms with Gasteiger partial charge in [0.2, 0.25) is 6.41 Å². The summed E-state index contributed by atoms with van der Waals surface area (Å²) in [7, 11) is 0. The fraction of sp³-hybridized carbons (Fsp3) is 0.611. The van der Waals surface area contributed by atoms with Gasteiger partial charge >= 0.3 is 6.03 Å². The van der Waals surface area contributed by atoms with Crippen LogP contribution in [0.25, 0.3) is 0 Å². The molecule has 0 aromatic heterocycles. The molecule has 138 valence electrons. The molecule has 0 saturated carbocycles. The number of hydrogen-bond acceptors (Lipinski definition) is 5. The van der Waals surface area contributed by atoms with E-state index >= 15 is 0 Å². The number of nitrogens with zero attached hydrogens (tertiary/aromatic N) is 2. The van der Waals surface area contributed by atoms with E-state index in [4.69, 9.17) is 4.74 Å². The minimum absolute atomic E-state index is 0.338. The maximum Gasteiger partial charge on any atom is 0.324 e. The molecular formula is C18H27N3O4. The number of allylic oxidation sites excluding steroid dienone is 1. The van der Waals surface area contributed by atoms with Crippen molar-refractivity contribution in [2.75, 3.05) is 32.8 Å². The first-order valence-corrected chi connectivity index (χ1v) is 8.85. The molecule has 7 nitrogen and oxygen atoms in total. The minimum atomic E-state index is -0.721. The third-order valence-electron chi connectivity index (χ3n) is 4.64. The van der Waals surface area contributed by atoms with E-state index in [9.17, 15) is 14.4 Å². The van der Waals surface area contributed by atoms with E-state index in [1.54, 1.807) is 6.92 Å². The Morgan fingerprint density at radius 2 is 2.20 bits per heavy atom. The van der Waals surface area contributed by atoms with Crippen LogP contribution in [0.2, 0.25) is 0 Å². The Balaban J connectivity index is 1.87. The van der Waals surface area contributed by atoms with Crippen molar-refractivity contribution in [3.63, 3.8) is 0 Å². The summed E-state index contributed by atoms with van der Waals surface area (Å²) in [4.78, 5) is 37.5. The molecule has 2 atom stereocenters. The van der Waals surface area contributed by atoms with Gasteiger partial charge in [0.1, 0.15) is 6.29 Å². The summed E-state index contributed by atoms with van der Waals surface area (Å²) >= 11 is 0. The molecule has 0 spiro atoms. The van der Waals surface area contributed by atoms with Crippen molar-refractivity contribution in [1.82, 2.24) is 15.1 Å². The lowest BCUT2D eigenvalue weighted by atomic mass is 10.1. The van der Waals surface area contributed by atoms with Gasteiger partial charge in [-0.1, -0.05) is 25.2 Å². The van der Waals surface area contributed by atoms with Crippen molar-refractivity contribution < 1.29 is 19.1 Å². The smallest absolute Gasteiger partial charge is 0.324 e. The van der Waals surface area contributed by atoms with E-state index in [1.165, 1.54) is 0 Å². The average molecular weight is 349 g/mol. The van der Waals surface area contributed by atoms with Crippen LogP contribution in [0.3, 0.4) is 0 Å². The zero-order valence-corrected chi connectivity index (χ0v) is 14.7. The van der Waals surface area contributed by atoms with Gasteiger partial charge in [-0.15, -0.1) is 0 Å². The maximum atomic E-state index is 12.1. The molecule has 1 N–H and O–H groups in total. The molecular weight excluding hydrogens is 322 g/mol. The highest BCUT2D eigenvalue weighted by Gasteiger charge is 2.22. The molecule has 0 bridgehead atoms. The summed E-state index contributed by atoms with van der Waals surface area (Å²) < 4.78 is 5.39. The van der Waals surface area contributed by atoms with Gasteiger partial charge in [-0.25, -0.2) is 4.79 Å². The standard InChI is InChI=1S/C18H27N3O4/c1-2-16(13-22)21(14-23)18(24)19-12-15-4-3-5-17(7-6-15)20-8-10-25-11-9-20/h4,6-7,13-14,16-17H,2-3,5,8-12H2,1H3,(H,19,24). The van der Waals surface area contributed by atoms with E-state index < -0.39 is 12.1 Å². The molecule has 0 radical (unpaired) electrons. The first kappa shape index (κ1) is 19.3.